The van der Waals surface area contributed by atoms with Gasteiger partial charge in [-0.25, -0.2) is 15.0 Å². The largest absolute Gasteiger partial charge is 0.489 e. The van der Waals surface area contributed by atoms with Gasteiger partial charge in [0.15, 0.2) is 0 Å². The maximum Gasteiger partial charge on any atom is 0.145 e. The number of aromatic nitrogens is 3. The summed E-state index contributed by atoms with van der Waals surface area (Å²) in [4.78, 5) is 15.5. The predicted molar refractivity (Wildman–Crippen MR) is 135 cm³/mol. The number of thiazole rings is 1. The van der Waals surface area contributed by atoms with Crippen LogP contribution in [0, 0.1) is 12.3 Å². The van der Waals surface area contributed by atoms with Crippen LogP contribution in [0.2, 0.25) is 0 Å². The smallest absolute Gasteiger partial charge is 0.145 e. The number of rotatable bonds is 7. The Hall–Kier alpha value is -3.67. The summed E-state index contributed by atoms with van der Waals surface area (Å²) in [6.07, 6.45) is 9.50. The van der Waals surface area contributed by atoms with Crippen molar-refractivity contribution in [3.8, 4) is 23.8 Å². The molecule has 0 aliphatic carbocycles. The Morgan fingerprint density at radius 1 is 1.15 bits per heavy atom. The third kappa shape index (κ3) is 4.96. The van der Waals surface area contributed by atoms with Crippen LogP contribution < -0.4 is 14.8 Å². The second kappa shape index (κ2) is 10.1. The molecule has 0 amide bonds. The average molecular weight is 472 g/mol. The van der Waals surface area contributed by atoms with E-state index < -0.39 is 0 Å². The fraction of sp³-hybridized carbons (Fsp3) is 0.269. The first-order valence-corrected chi connectivity index (χ1v) is 12.1. The molecular weight excluding hydrogens is 446 g/mol. The van der Waals surface area contributed by atoms with Crippen molar-refractivity contribution in [2.75, 3.05) is 25.5 Å². The Bertz CT molecular complexity index is 1310. The van der Waals surface area contributed by atoms with Crippen molar-refractivity contribution >= 4 is 33.7 Å². The molecule has 2 aromatic heterocycles. The van der Waals surface area contributed by atoms with Gasteiger partial charge in [0.25, 0.3) is 0 Å². The minimum atomic E-state index is 0.178. The van der Waals surface area contributed by atoms with E-state index in [2.05, 4.69) is 38.1 Å². The molecule has 1 aliphatic rings. The molecule has 5 rings (SSSR count). The SMILES string of the molecule is C#Cc1cc(Nc2ncnc3cccc(OC4CCN(C)CC4)c23)ccc1OCc1cscn1. The van der Waals surface area contributed by atoms with E-state index in [0.717, 1.165) is 54.0 Å². The number of hydrogen-bond donors (Lipinski definition) is 1. The highest BCUT2D eigenvalue weighted by molar-refractivity contribution is 7.07. The number of nitrogens with one attached hydrogen (secondary N) is 1. The van der Waals surface area contributed by atoms with Gasteiger partial charge < -0.3 is 19.7 Å². The normalized spacial score (nSPS) is 14.6. The van der Waals surface area contributed by atoms with Crippen molar-refractivity contribution < 1.29 is 9.47 Å². The molecule has 0 bridgehead atoms. The summed E-state index contributed by atoms with van der Waals surface area (Å²) in [6.45, 7) is 2.44. The molecule has 0 radical (unpaired) electrons. The Kier molecular flexibility index (Phi) is 6.56. The molecule has 0 atom stereocenters. The zero-order valence-corrected chi connectivity index (χ0v) is 19.7. The van der Waals surface area contributed by atoms with Gasteiger partial charge in [0, 0.05) is 24.2 Å². The van der Waals surface area contributed by atoms with Gasteiger partial charge in [0.2, 0.25) is 0 Å². The lowest BCUT2D eigenvalue weighted by molar-refractivity contribution is 0.116. The molecule has 2 aromatic carbocycles. The van der Waals surface area contributed by atoms with Gasteiger partial charge in [-0.3, -0.25) is 0 Å². The van der Waals surface area contributed by atoms with E-state index in [1.54, 1.807) is 11.8 Å². The molecule has 4 aromatic rings. The molecule has 0 spiro atoms. The number of hydrogen-bond acceptors (Lipinski definition) is 8. The third-order valence-electron chi connectivity index (χ3n) is 5.84. The highest BCUT2D eigenvalue weighted by Gasteiger charge is 2.20. The van der Waals surface area contributed by atoms with Crippen molar-refractivity contribution in [1.82, 2.24) is 19.9 Å². The summed E-state index contributed by atoms with van der Waals surface area (Å²) in [5.41, 5.74) is 4.94. The molecular formula is C26H25N5O2S. The lowest BCUT2D eigenvalue weighted by Crippen LogP contribution is -2.35. The molecule has 1 saturated heterocycles. The van der Waals surface area contributed by atoms with Crippen LogP contribution in [0.1, 0.15) is 24.1 Å². The number of fused-ring (bicyclic) bond motifs is 1. The molecule has 7 nitrogen and oxygen atoms in total. The van der Waals surface area contributed by atoms with Gasteiger partial charge in [0.05, 0.1) is 27.7 Å². The van der Waals surface area contributed by atoms with Crippen molar-refractivity contribution in [3.63, 3.8) is 0 Å². The van der Waals surface area contributed by atoms with E-state index in [1.165, 1.54) is 11.3 Å². The maximum atomic E-state index is 6.42. The fourth-order valence-corrected chi connectivity index (χ4v) is 4.54. The quantitative estimate of drug-likeness (QED) is 0.386. The number of ether oxygens (including phenoxy) is 2. The van der Waals surface area contributed by atoms with Crippen molar-refractivity contribution in [1.29, 1.82) is 0 Å². The maximum absolute atomic E-state index is 6.42. The van der Waals surface area contributed by atoms with Crippen LogP contribution in [0.25, 0.3) is 10.9 Å². The predicted octanol–water partition coefficient (Wildman–Crippen LogP) is 4.86. The summed E-state index contributed by atoms with van der Waals surface area (Å²) in [7, 11) is 2.14. The molecule has 8 heteroatoms. The van der Waals surface area contributed by atoms with E-state index in [1.807, 2.05) is 41.8 Å². The minimum Gasteiger partial charge on any atom is -0.489 e. The van der Waals surface area contributed by atoms with Gasteiger partial charge in [-0.05, 0) is 50.2 Å². The first-order chi connectivity index (χ1) is 16.7. The summed E-state index contributed by atoms with van der Waals surface area (Å²) < 4.78 is 12.3. The fourth-order valence-electron chi connectivity index (χ4n) is 4.00. The number of likely N-dealkylation sites (tertiary alicyclic amines) is 1. The monoisotopic (exact) mass is 471 g/mol. The number of nitrogens with zero attached hydrogens (tertiary/aromatic N) is 4. The Morgan fingerprint density at radius 3 is 2.82 bits per heavy atom. The summed E-state index contributed by atoms with van der Waals surface area (Å²) >= 11 is 1.54. The summed E-state index contributed by atoms with van der Waals surface area (Å²) in [5.74, 6) is 4.81. The number of benzene rings is 2. The third-order valence-corrected chi connectivity index (χ3v) is 6.48. The second-order valence-corrected chi connectivity index (χ2v) is 8.96. The molecule has 1 aliphatic heterocycles. The van der Waals surface area contributed by atoms with E-state index in [9.17, 15) is 0 Å². The van der Waals surface area contributed by atoms with Gasteiger partial charge in [-0.1, -0.05) is 12.0 Å². The first kappa shape index (κ1) is 22.1. The standard InChI is InChI=1S/C26H25N5O2S/c1-3-18-13-19(7-8-23(18)32-14-20-15-34-17-29-20)30-26-25-22(27-16-28-26)5-4-6-24(25)33-21-9-11-31(2)12-10-21/h1,4-8,13,15-17,21H,9-12,14H2,2H3,(H,27,28,30). The van der Waals surface area contributed by atoms with Crippen LogP contribution in [0.5, 0.6) is 11.5 Å². The Morgan fingerprint density at radius 2 is 2.03 bits per heavy atom. The second-order valence-electron chi connectivity index (χ2n) is 8.24. The van der Waals surface area contributed by atoms with Crippen LogP contribution >= 0.6 is 11.3 Å². The molecule has 1 N–H and O–H groups in total. The summed E-state index contributed by atoms with van der Waals surface area (Å²) in [5, 5.41) is 6.21. The molecule has 0 saturated carbocycles. The lowest BCUT2D eigenvalue weighted by atomic mass is 10.1. The average Bonchev–Trinajstić information content (AvgIpc) is 3.38. The van der Waals surface area contributed by atoms with Crippen LogP contribution in [-0.2, 0) is 6.61 Å². The molecule has 0 unspecified atom stereocenters. The van der Waals surface area contributed by atoms with Gasteiger partial charge >= 0.3 is 0 Å². The van der Waals surface area contributed by atoms with Gasteiger partial charge in [-0.2, -0.15) is 0 Å². The van der Waals surface area contributed by atoms with Crippen molar-refractivity contribution in [2.45, 2.75) is 25.6 Å². The van der Waals surface area contributed by atoms with E-state index in [4.69, 9.17) is 15.9 Å². The zero-order valence-electron chi connectivity index (χ0n) is 18.9. The molecule has 34 heavy (non-hydrogen) atoms. The Labute approximate surface area is 202 Å². The number of piperidine rings is 1. The number of terminal acetylenes is 1. The van der Waals surface area contributed by atoms with Crippen molar-refractivity contribution in [3.05, 3.63) is 64.9 Å². The van der Waals surface area contributed by atoms with Crippen LogP contribution in [0.4, 0.5) is 11.5 Å². The lowest BCUT2D eigenvalue weighted by Gasteiger charge is -2.29. The highest BCUT2D eigenvalue weighted by Crippen LogP contribution is 2.34. The zero-order chi connectivity index (χ0) is 23.3. The van der Waals surface area contributed by atoms with E-state index >= 15 is 0 Å². The Balaban J connectivity index is 1.39. The van der Waals surface area contributed by atoms with Crippen LogP contribution in [0.3, 0.4) is 0 Å². The molecule has 1 fully saturated rings. The topological polar surface area (TPSA) is 72.4 Å². The summed E-state index contributed by atoms with van der Waals surface area (Å²) in [6, 6.07) is 11.6. The first-order valence-electron chi connectivity index (χ1n) is 11.2. The minimum absolute atomic E-state index is 0.178. The van der Waals surface area contributed by atoms with Crippen LogP contribution in [-0.4, -0.2) is 46.1 Å². The van der Waals surface area contributed by atoms with Gasteiger partial charge in [-0.15, -0.1) is 17.8 Å². The highest BCUT2D eigenvalue weighted by atomic mass is 32.1. The number of anilines is 2. The molecule has 172 valence electrons. The molecule has 3 heterocycles. The van der Waals surface area contributed by atoms with Crippen molar-refractivity contribution in [2.24, 2.45) is 0 Å². The van der Waals surface area contributed by atoms with E-state index in [0.29, 0.717) is 23.7 Å². The van der Waals surface area contributed by atoms with E-state index in [-0.39, 0.29) is 6.10 Å². The van der Waals surface area contributed by atoms with Crippen LogP contribution in [0.15, 0.2) is 53.6 Å². The van der Waals surface area contributed by atoms with Gasteiger partial charge in [0.1, 0.15) is 36.4 Å².